The maximum Gasteiger partial charge on any atom is 0.348 e. The van der Waals surface area contributed by atoms with Crippen LogP contribution in [0, 0.1) is 0 Å². The summed E-state index contributed by atoms with van der Waals surface area (Å²) in [5, 5.41) is 11.1. The Morgan fingerprint density at radius 1 is 1.19 bits per heavy atom. The highest BCUT2D eigenvalue weighted by Gasteiger charge is 2.20. The minimum absolute atomic E-state index is 0.102. The third-order valence-corrected chi connectivity index (χ3v) is 6.44. The molecule has 1 aliphatic heterocycles. The van der Waals surface area contributed by atoms with E-state index in [0.29, 0.717) is 10.6 Å². The van der Waals surface area contributed by atoms with E-state index in [0.717, 1.165) is 18.0 Å². The molecule has 0 saturated carbocycles. The Labute approximate surface area is 163 Å². The summed E-state index contributed by atoms with van der Waals surface area (Å²) >= 11 is 2.75. The molecule has 1 aromatic heterocycles. The van der Waals surface area contributed by atoms with E-state index < -0.39 is 5.97 Å². The summed E-state index contributed by atoms with van der Waals surface area (Å²) in [5.74, 6) is -0.887. The first-order valence-electron chi connectivity index (χ1n) is 8.99. The lowest BCUT2D eigenvalue weighted by molar-refractivity contribution is 0.0703. The lowest BCUT2D eigenvalue weighted by atomic mass is 9.86. The number of carboxylic acids is 1. The number of hydrogen-bond donors (Lipinski definition) is 2. The van der Waals surface area contributed by atoms with Gasteiger partial charge < -0.3 is 14.7 Å². The van der Waals surface area contributed by atoms with Gasteiger partial charge in [0.25, 0.3) is 0 Å². The van der Waals surface area contributed by atoms with Crippen molar-refractivity contribution in [3.8, 4) is 0 Å². The fourth-order valence-corrected chi connectivity index (χ4v) is 4.69. The second-order valence-electron chi connectivity index (χ2n) is 7.65. The van der Waals surface area contributed by atoms with Gasteiger partial charge in [-0.2, -0.15) is 0 Å². The largest absolute Gasteiger partial charge is 0.477 e. The molecule has 3 rings (SSSR count). The monoisotopic (exact) mass is 390 g/mol. The van der Waals surface area contributed by atoms with Crippen molar-refractivity contribution in [1.82, 2.24) is 0 Å². The van der Waals surface area contributed by atoms with E-state index >= 15 is 0 Å². The fourth-order valence-electron chi connectivity index (χ4n) is 3.12. The van der Waals surface area contributed by atoms with Gasteiger partial charge in [0.15, 0.2) is 0 Å². The Bertz CT molecular complexity index is 774. The van der Waals surface area contributed by atoms with Crippen molar-refractivity contribution in [1.29, 1.82) is 0 Å². The van der Waals surface area contributed by atoms with E-state index in [1.165, 1.54) is 53.8 Å². The molecule has 6 heteroatoms. The number of benzene rings is 1. The molecule has 2 heterocycles. The molecule has 0 radical (unpaired) electrons. The third kappa shape index (κ3) is 4.35. The Hall–Kier alpha value is -1.66. The molecule has 140 valence electrons. The van der Waals surface area contributed by atoms with Gasteiger partial charge in [0.1, 0.15) is 4.88 Å². The Balaban J connectivity index is 1.87. The van der Waals surface area contributed by atoms with Gasteiger partial charge in [-0.15, -0.1) is 11.3 Å². The summed E-state index contributed by atoms with van der Waals surface area (Å²) < 4.78 is 3.25. The maximum absolute atomic E-state index is 11.3. The Morgan fingerprint density at radius 2 is 1.92 bits per heavy atom. The van der Waals surface area contributed by atoms with Crippen molar-refractivity contribution in [3.63, 3.8) is 0 Å². The van der Waals surface area contributed by atoms with Crippen LogP contribution >= 0.6 is 23.3 Å². The molecule has 0 amide bonds. The van der Waals surface area contributed by atoms with E-state index in [9.17, 15) is 9.90 Å². The van der Waals surface area contributed by atoms with Crippen LogP contribution in [0.25, 0.3) is 0 Å². The van der Waals surface area contributed by atoms with Crippen molar-refractivity contribution in [2.45, 2.75) is 50.3 Å². The predicted molar refractivity (Wildman–Crippen MR) is 112 cm³/mol. The van der Waals surface area contributed by atoms with E-state index in [1.807, 2.05) is 6.07 Å². The molecular formula is C20H26N2O2S2. The molecule has 1 aliphatic rings. The van der Waals surface area contributed by atoms with Gasteiger partial charge in [-0.1, -0.05) is 26.8 Å². The van der Waals surface area contributed by atoms with Crippen molar-refractivity contribution in [3.05, 3.63) is 40.1 Å². The van der Waals surface area contributed by atoms with Crippen LogP contribution in [0.2, 0.25) is 0 Å². The number of carboxylic acid groups (broad SMARTS) is 1. The molecule has 26 heavy (non-hydrogen) atoms. The molecule has 4 nitrogen and oxygen atoms in total. The second-order valence-corrected chi connectivity index (χ2v) is 9.42. The van der Waals surface area contributed by atoms with Crippen LogP contribution in [0.5, 0.6) is 0 Å². The molecule has 0 aliphatic carbocycles. The molecule has 0 unspecified atom stereocenters. The Kier molecular flexibility index (Phi) is 5.82. The topological polar surface area (TPSA) is 52.6 Å². The Morgan fingerprint density at radius 3 is 2.58 bits per heavy atom. The molecule has 1 fully saturated rings. The summed E-state index contributed by atoms with van der Waals surface area (Å²) in [4.78, 5) is 15.3. The van der Waals surface area contributed by atoms with Gasteiger partial charge in [-0.05, 0) is 65.8 Å². The van der Waals surface area contributed by atoms with Gasteiger partial charge >= 0.3 is 5.97 Å². The zero-order chi connectivity index (χ0) is 18.7. The fraction of sp³-hybridized carbons (Fsp3) is 0.450. The molecule has 2 N–H and O–H groups in total. The highest BCUT2D eigenvalue weighted by Crippen LogP contribution is 2.37. The number of nitrogens with zero attached hydrogens (tertiary/aromatic N) is 1. The van der Waals surface area contributed by atoms with Crippen molar-refractivity contribution in [2.75, 3.05) is 22.7 Å². The first-order chi connectivity index (χ1) is 12.4. The van der Waals surface area contributed by atoms with Crippen LogP contribution in [0.15, 0.2) is 34.5 Å². The summed E-state index contributed by atoms with van der Waals surface area (Å²) in [7, 11) is 0. The van der Waals surface area contributed by atoms with Crippen molar-refractivity contribution in [2.24, 2.45) is 0 Å². The van der Waals surface area contributed by atoms with E-state index in [-0.39, 0.29) is 5.41 Å². The maximum atomic E-state index is 11.3. The molecule has 1 saturated heterocycles. The molecule has 0 bridgehead atoms. The number of anilines is 2. The van der Waals surface area contributed by atoms with Crippen molar-refractivity contribution < 1.29 is 9.90 Å². The zero-order valence-electron chi connectivity index (χ0n) is 15.5. The third-order valence-electron chi connectivity index (χ3n) is 4.65. The summed E-state index contributed by atoms with van der Waals surface area (Å²) in [5.41, 5.74) is 3.34. The normalized spacial score (nSPS) is 15.1. The van der Waals surface area contributed by atoms with Crippen LogP contribution in [-0.2, 0) is 5.41 Å². The SMILES string of the molecule is CC(C)(C)c1ccc(SNc2ccsc2C(=O)O)c(N2CCCCC2)c1. The summed E-state index contributed by atoms with van der Waals surface area (Å²) in [6.45, 7) is 8.87. The zero-order valence-corrected chi connectivity index (χ0v) is 17.2. The number of aromatic carboxylic acids is 1. The van der Waals surface area contributed by atoms with Gasteiger partial charge in [0.2, 0.25) is 0 Å². The number of nitrogens with one attached hydrogen (secondary N) is 1. The van der Waals surface area contributed by atoms with Crippen LogP contribution < -0.4 is 9.62 Å². The highest BCUT2D eigenvalue weighted by atomic mass is 32.2. The van der Waals surface area contributed by atoms with E-state index in [1.54, 1.807) is 5.38 Å². The highest BCUT2D eigenvalue weighted by molar-refractivity contribution is 8.00. The number of carbonyl (C=O) groups is 1. The molecular weight excluding hydrogens is 364 g/mol. The minimum Gasteiger partial charge on any atom is -0.477 e. The number of hydrogen-bond acceptors (Lipinski definition) is 5. The summed E-state index contributed by atoms with van der Waals surface area (Å²) in [6.07, 6.45) is 3.75. The smallest absolute Gasteiger partial charge is 0.348 e. The van der Waals surface area contributed by atoms with Gasteiger partial charge in [-0.25, -0.2) is 4.79 Å². The predicted octanol–water partition coefficient (Wildman–Crippen LogP) is 5.85. The number of thiophene rings is 1. The van der Waals surface area contributed by atoms with E-state index in [2.05, 4.69) is 48.6 Å². The molecule has 2 aromatic rings. The average molecular weight is 391 g/mol. The minimum atomic E-state index is -0.887. The number of rotatable bonds is 5. The average Bonchev–Trinajstić information content (AvgIpc) is 3.08. The van der Waals surface area contributed by atoms with E-state index in [4.69, 9.17) is 0 Å². The van der Waals surface area contributed by atoms with Gasteiger partial charge in [0, 0.05) is 13.1 Å². The molecule has 1 aromatic carbocycles. The first kappa shape index (κ1) is 19.1. The first-order valence-corrected chi connectivity index (χ1v) is 10.7. The van der Waals surface area contributed by atoms with Crippen LogP contribution in [0.4, 0.5) is 11.4 Å². The lowest BCUT2D eigenvalue weighted by Gasteiger charge is -2.32. The van der Waals surface area contributed by atoms with Crippen molar-refractivity contribution >= 4 is 40.6 Å². The van der Waals surface area contributed by atoms with Gasteiger partial charge in [0.05, 0.1) is 16.3 Å². The molecule has 0 atom stereocenters. The van der Waals surface area contributed by atoms with Gasteiger partial charge in [-0.3, -0.25) is 0 Å². The standard InChI is InChI=1S/C20H26N2O2S2/c1-20(2,3)14-7-8-17(16(13-14)22-10-5-4-6-11-22)26-21-15-9-12-25-18(15)19(23)24/h7-9,12-13,21H,4-6,10-11H2,1-3H3,(H,23,24). The van der Waals surface area contributed by atoms with Crippen LogP contribution in [0.3, 0.4) is 0 Å². The number of piperidine rings is 1. The van der Waals surface area contributed by atoms with Crippen LogP contribution in [-0.4, -0.2) is 24.2 Å². The van der Waals surface area contributed by atoms with Crippen LogP contribution in [0.1, 0.15) is 55.3 Å². The quantitative estimate of drug-likeness (QED) is 0.627. The second kappa shape index (κ2) is 7.92. The molecule has 0 spiro atoms. The lowest BCUT2D eigenvalue weighted by Crippen LogP contribution is -2.30. The summed E-state index contributed by atoms with van der Waals surface area (Å²) in [6, 6.07) is 8.48.